The number of amides is 1. The van der Waals surface area contributed by atoms with Crippen LogP contribution in [0.5, 0.6) is 0 Å². The second-order valence-corrected chi connectivity index (χ2v) is 9.30. The second kappa shape index (κ2) is 9.38. The molecule has 0 saturated heterocycles. The average molecular weight is 399 g/mol. The SMILES string of the molecule is CSCCC(NS(=O)(=O)c1ccc(C)cc1)C(=O)NCc1cccs1. The number of hydrogen-bond acceptors (Lipinski definition) is 5. The van der Waals surface area contributed by atoms with Crippen molar-refractivity contribution in [2.24, 2.45) is 0 Å². The van der Waals surface area contributed by atoms with E-state index in [0.717, 1.165) is 10.4 Å². The van der Waals surface area contributed by atoms with E-state index in [1.165, 1.54) is 0 Å². The monoisotopic (exact) mass is 398 g/mol. The lowest BCUT2D eigenvalue weighted by molar-refractivity contribution is -0.122. The molecule has 0 saturated carbocycles. The van der Waals surface area contributed by atoms with Crippen molar-refractivity contribution in [2.75, 3.05) is 12.0 Å². The zero-order valence-corrected chi connectivity index (χ0v) is 16.6. The molecule has 0 radical (unpaired) electrons. The molecule has 2 N–H and O–H groups in total. The minimum atomic E-state index is -3.74. The summed E-state index contributed by atoms with van der Waals surface area (Å²) in [6.07, 6.45) is 2.36. The van der Waals surface area contributed by atoms with Gasteiger partial charge in [0.25, 0.3) is 0 Å². The number of rotatable bonds is 9. The smallest absolute Gasteiger partial charge is 0.241 e. The lowest BCUT2D eigenvalue weighted by atomic mass is 10.2. The van der Waals surface area contributed by atoms with Crippen LogP contribution >= 0.6 is 23.1 Å². The van der Waals surface area contributed by atoms with Crippen molar-refractivity contribution in [1.82, 2.24) is 10.0 Å². The van der Waals surface area contributed by atoms with E-state index >= 15 is 0 Å². The molecule has 5 nitrogen and oxygen atoms in total. The Morgan fingerprint density at radius 3 is 2.56 bits per heavy atom. The minimum Gasteiger partial charge on any atom is -0.350 e. The van der Waals surface area contributed by atoms with Gasteiger partial charge in [-0.1, -0.05) is 23.8 Å². The van der Waals surface area contributed by atoms with E-state index in [4.69, 9.17) is 0 Å². The molecule has 25 heavy (non-hydrogen) atoms. The molecular weight excluding hydrogens is 376 g/mol. The Morgan fingerprint density at radius 1 is 1.24 bits per heavy atom. The van der Waals surface area contributed by atoms with Crippen LogP contribution in [0.4, 0.5) is 0 Å². The summed E-state index contributed by atoms with van der Waals surface area (Å²) >= 11 is 3.12. The molecule has 136 valence electrons. The lowest BCUT2D eigenvalue weighted by Crippen LogP contribution is -2.46. The van der Waals surface area contributed by atoms with Crippen LogP contribution < -0.4 is 10.0 Å². The zero-order chi connectivity index (χ0) is 18.3. The Bertz CT molecular complexity index is 772. The Hall–Kier alpha value is -1.35. The van der Waals surface area contributed by atoms with E-state index in [1.54, 1.807) is 47.4 Å². The number of carbonyl (C=O) groups is 1. The van der Waals surface area contributed by atoms with E-state index in [2.05, 4.69) is 10.0 Å². The van der Waals surface area contributed by atoms with Gasteiger partial charge in [0.15, 0.2) is 0 Å². The molecule has 0 aliphatic rings. The summed E-state index contributed by atoms with van der Waals surface area (Å²) in [6, 6.07) is 9.62. The van der Waals surface area contributed by atoms with Gasteiger partial charge in [-0.25, -0.2) is 8.42 Å². The molecule has 0 aliphatic heterocycles. The summed E-state index contributed by atoms with van der Waals surface area (Å²) in [6.45, 7) is 2.29. The van der Waals surface area contributed by atoms with Gasteiger partial charge in [-0.2, -0.15) is 16.5 Å². The van der Waals surface area contributed by atoms with Crippen molar-refractivity contribution in [1.29, 1.82) is 0 Å². The van der Waals surface area contributed by atoms with E-state index in [-0.39, 0.29) is 10.8 Å². The summed E-state index contributed by atoms with van der Waals surface area (Å²) in [5.74, 6) is 0.381. The molecule has 1 aromatic carbocycles. The van der Waals surface area contributed by atoms with Gasteiger partial charge in [0.1, 0.15) is 6.04 Å². The number of thiophene rings is 1. The molecule has 1 atom stereocenters. The van der Waals surface area contributed by atoms with Gasteiger partial charge in [-0.15, -0.1) is 11.3 Å². The van der Waals surface area contributed by atoms with Gasteiger partial charge in [-0.3, -0.25) is 4.79 Å². The van der Waals surface area contributed by atoms with Gasteiger partial charge >= 0.3 is 0 Å². The topological polar surface area (TPSA) is 75.3 Å². The van der Waals surface area contributed by atoms with Gasteiger partial charge < -0.3 is 5.32 Å². The third-order valence-electron chi connectivity index (χ3n) is 3.57. The third-order valence-corrected chi connectivity index (χ3v) is 6.58. The van der Waals surface area contributed by atoms with Gasteiger partial charge in [-0.05, 0) is 48.9 Å². The normalized spacial score (nSPS) is 12.7. The number of hydrogen-bond donors (Lipinski definition) is 2. The predicted octanol–water partition coefficient (Wildman–Crippen LogP) is 2.77. The molecule has 1 amide bonds. The number of sulfonamides is 1. The fourth-order valence-electron chi connectivity index (χ4n) is 2.16. The Balaban J connectivity index is 2.07. The molecule has 1 heterocycles. The van der Waals surface area contributed by atoms with Crippen LogP contribution in [0.15, 0.2) is 46.7 Å². The maximum atomic E-state index is 12.6. The molecule has 2 rings (SSSR count). The highest BCUT2D eigenvalue weighted by Crippen LogP contribution is 2.13. The van der Waals surface area contributed by atoms with Crippen LogP contribution in [-0.2, 0) is 21.4 Å². The maximum absolute atomic E-state index is 12.6. The standard InChI is InChI=1S/C17H22N2O3S3/c1-13-5-7-15(8-6-13)25(21,22)19-16(9-11-23-2)17(20)18-12-14-4-3-10-24-14/h3-8,10,16,19H,9,11-12H2,1-2H3,(H,18,20). The van der Waals surface area contributed by atoms with E-state index < -0.39 is 16.1 Å². The molecule has 8 heteroatoms. The van der Waals surface area contributed by atoms with Gasteiger partial charge in [0.05, 0.1) is 11.4 Å². The Kier molecular flexibility index (Phi) is 7.49. The number of nitrogens with one attached hydrogen (secondary N) is 2. The second-order valence-electron chi connectivity index (χ2n) is 5.57. The highest BCUT2D eigenvalue weighted by molar-refractivity contribution is 7.98. The first kappa shape index (κ1) is 20.0. The summed E-state index contributed by atoms with van der Waals surface area (Å²) in [5, 5.41) is 4.75. The maximum Gasteiger partial charge on any atom is 0.241 e. The van der Waals surface area contributed by atoms with Crippen LogP contribution in [0.1, 0.15) is 16.9 Å². The summed E-state index contributed by atoms with van der Waals surface area (Å²) in [5.41, 5.74) is 0.978. The highest BCUT2D eigenvalue weighted by Gasteiger charge is 2.25. The van der Waals surface area contributed by atoms with Crippen molar-refractivity contribution in [3.63, 3.8) is 0 Å². The fourth-order valence-corrected chi connectivity index (χ4v) is 4.51. The molecular formula is C17H22N2O3S3. The number of carbonyl (C=O) groups excluding carboxylic acids is 1. The Labute approximate surface area is 157 Å². The predicted molar refractivity (Wildman–Crippen MR) is 104 cm³/mol. The first-order valence-corrected chi connectivity index (χ1v) is 11.6. The van der Waals surface area contributed by atoms with Gasteiger partial charge in [0, 0.05) is 4.88 Å². The molecule has 0 bridgehead atoms. The summed E-state index contributed by atoms with van der Waals surface area (Å²) < 4.78 is 27.7. The molecule has 1 aromatic heterocycles. The molecule has 0 spiro atoms. The zero-order valence-electron chi connectivity index (χ0n) is 14.2. The highest BCUT2D eigenvalue weighted by atomic mass is 32.2. The summed E-state index contributed by atoms with van der Waals surface area (Å²) in [4.78, 5) is 13.7. The van der Waals surface area contributed by atoms with Crippen molar-refractivity contribution < 1.29 is 13.2 Å². The van der Waals surface area contributed by atoms with E-state index in [1.807, 2.05) is 30.7 Å². The first-order valence-electron chi connectivity index (χ1n) is 7.80. The van der Waals surface area contributed by atoms with Crippen LogP contribution in [0.3, 0.4) is 0 Å². The van der Waals surface area contributed by atoms with Gasteiger partial charge in [0.2, 0.25) is 15.9 Å². The number of benzene rings is 1. The summed E-state index contributed by atoms with van der Waals surface area (Å²) in [7, 11) is -3.74. The quantitative estimate of drug-likeness (QED) is 0.681. The van der Waals surface area contributed by atoms with Crippen molar-refractivity contribution in [3.05, 3.63) is 52.2 Å². The van der Waals surface area contributed by atoms with E-state index in [0.29, 0.717) is 18.7 Å². The molecule has 1 unspecified atom stereocenters. The average Bonchev–Trinajstić information content (AvgIpc) is 3.10. The first-order chi connectivity index (χ1) is 11.9. The lowest BCUT2D eigenvalue weighted by Gasteiger charge is -2.18. The van der Waals surface area contributed by atoms with Crippen LogP contribution in [0.2, 0.25) is 0 Å². The van der Waals surface area contributed by atoms with Crippen molar-refractivity contribution >= 4 is 39.0 Å². The van der Waals surface area contributed by atoms with Crippen LogP contribution in [-0.4, -0.2) is 32.4 Å². The fraction of sp³-hybridized carbons (Fsp3) is 0.353. The Morgan fingerprint density at radius 2 is 1.96 bits per heavy atom. The third kappa shape index (κ3) is 6.14. The van der Waals surface area contributed by atoms with E-state index in [9.17, 15) is 13.2 Å². The van der Waals surface area contributed by atoms with Crippen molar-refractivity contribution in [3.8, 4) is 0 Å². The number of thioether (sulfide) groups is 1. The largest absolute Gasteiger partial charge is 0.350 e. The molecule has 0 fully saturated rings. The van der Waals surface area contributed by atoms with Crippen LogP contribution in [0, 0.1) is 6.92 Å². The van der Waals surface area contributed by atoms with Crippen molar-refractivity contribution in [2.45, 2.75) is 30.8 Å². The molecule has 0 aliphatic carbocycles. The minimum absolute atomic E-state index is 0.165. The molecule has 2 aromatic rings. The van der Waals surface area contributed by atoms with Crippen LogP contribution in [0.25, 0.3) is 0 Å². The number of aryl methyl sites for hydroxylation is 1.